The molecule has 0 N–H and O–H groups in total. The van der Waals surface area contributed by atoms with Crippen molar-refractivity contribution in [3.8, 4) is 0 Å². The number of nitrogens with zero attached hydrogens (tertiary/aromatic N) is 3. The van der Waals surface area contributed by atoms with Crippen LogP contribution in [-0.4, -0.2) is 14.6 Å². The van der Waals surface area contributed by atoms with Crippen molar-refractivity contribution >= 4 is 17.2 Å². The molecule has 1 unspecified atom stereocenters. The Morgan fingerprint density at radius 2 is 1.88 bits per heavy atom. The molecule has 1 aromatic carbocycles. The number of hydrogen-bond donors (Lipinski definition) is 0. The Morgan fingerprint density at radius 3 is 2.58 bits per heavy atom. The normalized spacial score (nSPS) is 20.5. The molecule has 1 saturated carbocycles. The molecule has 3 aromatic rings. The van der Waals surface area contributed by atoms with E-state index in [0.29, 0.717) is 18.1 Å². The van der Waals surface area contributed by atoms with Crippen molar-refractivity contribution in [2.75, 3.05) is 0 Å². The molecule has 0 aliphatic heterocycles. The molecule has 0 spiro atoms. The Bertz CT molecular complexity index is 935. The molecule has 0 radical (unpaired) electrons. The third-order valence-electron chi connectivity index (χ3n) is 4.27. The molecular weight excluding hydrogens is 346 g/mol. The SMILES string of the molecule is Fc1cc(C(F)(F)F)ccc1C1C[C@@H]1c1cc(Cl)nn2ccnc12. The molecule has 124 valence electrons. The molecule has 1 aliphatic rings. The smallest absolute Gasteiger partial charge is 0.235 e. The summed E-state index contributed by atoms with van der Waals surface area (Å²) in [5, 5.41) is 4.37. The Balaban J connectivity index is 1.68. The van der Waals surface area contributed by atoms with Crippen LogP contribution in [0.4, 0.5) is 17.6 Å². The second-order valence-electron chi connectivity index (χ2n) is 5.80. The molecule has 0 saturated heterocycles. The monoisotopic (exact) mass is 355 g/mol. The molecule has 0 bridgehead atoms. The van der Waals surface area contributed by atoms with Crippen LogP contribution in [0.5, 0.6) is 0 Å². The van der Waals surface area contributed by atoms with E-state index in [-0.39, 0.29) is 22.6 Å². The zero-order valence-corrected chi connectivity index (χ0v) is 12.8. The third-order valence-corrected chi connectivity index (χ3v) is 4.46. The van der Waals surface area contributed by atoms with Gasteiger partial charge < -0.3 is 0 Å². The lowest BCUT2D eigenvalue weighted by molar-refractivity contribution is -0.137. The molecule has 3 nitrogen and oxygen atoms in total. The van der Waals surface area contributed by atoms with Crippen LogP contribution in [0, 0.1) is 5.82 Å². The summed E-state index contributed by atoms with van der Waals surface area (Å²) in [6.45, 7) is 0. The lowest BCUT2D eigenvalue weighted by Gasteiger charge is -2.09. The lowest BCUT2D eigenvalue weighted by atomic mass is 10.0. The number of rotatable bonds is 2. The minimum atomic E-state index is -4.55. The first kappa shape index (κ1) is 15.4. The molecule has 2 aromatic heterocycles. The summed E-state index contributed by atoms with van der Waals surface area (Å²) in [5.41, 5.74) is 0.748. The van der Waals surface area contributed by atoms with Crippen molar-refractivity contribution in [2.45, 2.75) is 24.4 Å². The summed E-state index contributed by atoms with van der Waals surface area (Å²) in [6, 6.07) is 4.36. The maximum atomic E-state index is 14.1. The van der Waals surface area contributed by atoms with E-state index < -0.39 is 17.6 Å². The van der Waals surface area contributed by atoms with Crippen LogP contribution in [0.3, 0.4) is 0 Å². The number of halogens is 5. The number of imidazole rings is 1. The van der Waals surface area contributed by atoms with Gasteiger partial charge in [0.05, 0.1) is 5.56 Å². The van der Waals surface area contributed by atoms with Crippen molar-refractivity contribution in [2.24, 2.45) is 0 Å². The second-order valence-corrected chi connectivity index (χ2v) is 6.19. The lowest BCUT2D eigenvalue weighted by Crippen LogP contribution is -2.06. The highest BCUT2D eigenvalue weighted by molar-refractivity contribution is 6.29. The van der Waals surface area contributed by atoms with Gasteiger partial charge in [0.15, 0.2) is 5.65 Å². The van der Waals surface area contributed by atoms with Crippen molar-refractivity contribution in [3.63, 3.8) is 0 Å². The van der Waals surface area contributed by atoms with Gasteiger partial charge in [-0.1, -0.05) is 17.7 Å². The van der Waals surface area contributed by atoms with Crippen molar-refractivity contribution in [1.82, 2.24) is 14.6 Å². The molecule has 24 heavy (non-hydrogen) atoms. The Hall–Kier alpha value is -2.15. The highest BCUT2D eigenvalue weighted by Gasteiger charge is 2.43. The largest absolute Gasteiger partial charge is 0.416 e. The topological polar surface area (TPSA) is 30.2 Å². The van der Waals surface area contributed by atoms with E-state index in [1.54, 1.807) is 18.5 Å². The van der Waals surface area contributed by atoms with E-state index in [9.17, 15) is 17.6 Å². The van der Waals surface area contributed by atoms with Crippen molar-refractivity contribution < 1.29 is 17.6 Å². The molecule has 2 heterocycles. The van der Waals surface area contributed by atoms with Gasteiger partial charge in [0.25, 0.3) is 0 Å². The van der Waals surface area contributed by atoms with Crippen LogP contribution >= 0.6 is 11.6 Å². The van der Waals surface area contributed by atoms with E-state index in [2.05, 4.69) is 10.1 Å². The number of aromatic nitrogens is 3. The van der Waals surface area contributed by atoms with E-state index in [4.69, 9.17) is 11.6 Å². The standard InChI is InChI=1S/C16H10ClF4N3/c17-14-7-12(15-22-3-4-24(15)23-14)11-6-10(11)9-2-1-8(5-13(9)18)16(19,20)21/h1-5,7,10-11H,6H2/t10?,11-/m0/s1. The summed E-state index contributed by atoms with van der Waals surface area (Å²) in [6.07, 6.45) is -0.687. The quantitative estimate of drug-likeness (QED) is 0.617. The Labute approximate surface area is 138 Å². The summed E-state index contributed by atoms with van der Waals surface area (Å²) in [5.74, 6) is -1.07. The predicted octanol–water partition coefficient (Wildman–Crippen LogP) is 4.81. The maximum absolute atomic E-state index is 14.1. The second kappa shape index (κ2) is 5.17. The molecule has 0 amide bonds. The number of benzene rings is 1. The van der Waals surface area contributed by atoms with Crippen LogP contribution < -0.4 is 0 Å². The summed E-state index contributed by atoms with van der Waals surface area (Å²) < 4.78 is 53.6. The van der Waals surface area contributed by atoms with Gasteiger partial charge in [-0.25, -0.2) is 13.9 Å². The molecule has 2 atom stereocenters. The van der Waals surface area contributed by atoms with Gasteiger partial charge >= 0.3 is 6.18 Å². The van der Waals surface area contributed by atoms with E-state index >= 15 is 0 Å². The molecule has 1 aliphatic carbocycles. The predicted molar refractivity (Wildman–Crippen MR) is 79.5 cm³/mol. The summed E-state index contributed by atoms with van der Waals surface area (Å²) in [4.78, 5) is 4.22. The zero-order valence-electron chi connectivity index (χ0n) is 12.1. The fourth-order valence-corrected chi connectivity index (χ4v) is 3.27. The maximum Gasteiger partial charge on any atom is 0.416 e. The van der Waals surface area contributed by atoms with Crippen molar-refractivity contribution in [3.05, 3.63) is 64.3 Å². The minimum absolute atomic E-state index is 0.0402. The van der Waals surface area contributed by atoms with E-state index in [1.807, 2.05) is 0 Å². The molecule has 8 heteroatoms. The average molecular weight is 356 g/mol. The van der Waals surface area contributed by atoms with Gasteiger partial charge in [-0.3, -0.25) is 0 Å². The number of hydrogen-bond acceptors (Lipinski definition) is 2. The Morgan fingerprint density at radius 1 is 1.12 bits per heavy atom. The fourth-order valence-electron chi connectivity index (χ4n) is 3.07. The van der Waals surface area contributed by atoms with Gasteiger partial charge in [-0.2, -0.15) is 18.3 Å². The van der Waals surface area contributed by atoms with Gasteiger partial charge in [-0.05, 0) is 42.0 Å². The van der Waals surface area contributed by atoms with Crippen LogP contribution in [0.25, 0.3) is 5.65 Å². The molecule has 4 rings (SSSR count). The van der Waals surface area contributed by atoms with Crippen LogP contribution in [0.2, 0.25) is 5.15 Å². The summed E-state index contributed by atoms with van der Waals surface area (Å²) in [7, 11) is 0. The van der Waals surface area contributed by atoms with Crippen LogP contribution in [-0.2, 0) is 6.18 Å². The third kappa shape index (κ3) is 2.53. The van der Waals surface area contributed by atoms with Gasteiger partial charge in [-0.15, -0.1) is 0 Å². The molecular formula is C16H10ClF4N3. The van der Waals surface area contributed by atoms with Crippen molar-refractivity contribution in [1.29, 1.82) is 0 Å². The van der Waals surface area contributed by atoms with Gasteiger partial charge in [0.1, 0.15) is 11.0 Å². The van der Waals surface area contributed by atoms with Crippen LogP contribution in [0.1, 0.15) is 34.9 Å². The first-order chi connectivity index (χ1) is 11.3. The van der Waals surface area contributed by atoms with Gasteiger partial charge in [0.2, 0.25) is 0 Å². The first-order valence-corrected chi connectivity index (χ1v) is 7.59. The molecule has 1 fully saturated rings. The summed E-state index contributed by atoms with van der Waals surface area (Å²) >= 11 is 5.99. The highest BCUT2D eigenvalue weighted by atomic mass is 35.5. The minimum Gasteiger partial charge on any atom is -0.235 e. The fraction of sp³-hybridized carbons (Fsp3) is 0.250. The van der Waals surface area contributed by atoms with E-state index in [0.717, 1.165) is 11.6 Å². The van der Waals surface area contributed by atoms with Crippen LogP contribution in [0.15, 0.2) is 36.7 Å². The number of fused-ring (bicyclic) bond motifs is 1. The zero-order chi connectivity index (χ0) is 17.1. The average Bonchev–Trinajstić information content (AvgIpc) is 3.14. The number of alkyl halides is 3. The first-order valence-electron chi connectivity index (χ1n) is 7.21. The highest BCUT2D eigenvalue weighted by Crippen LogP contribution is 2.56. The Kier molecular flexibility index (Phi) is 3.32. The van der Waals surface area contributed by atoms with Gasteiger partial charge in [0, 0.05) is 18.0 Å². The van der Waals surface area contributed by atoms with E-state index in [1.165, 1.54) is 10.6 Å².